The zero-order valence-electron chi connectivity index (χ0n) is 20.8. The molecule has 0 spiro atoms. The predicted molar refractivity (Wildman–Crippen MR) is 134 cm³/mol. The molecule has 2 aromatic carbocycles. The topological polar surface area (TPSA) is 74.8 Å². The van der Waals surface area contributed by atoms with Crippen molar-refractivity contribution in [3.05, 3.63) is 60.2 Å². The average Bonchev–Trinajstić information content (AvgIpc) is 3.08. The monoisotopic (exact) mass is 474 g/mol. The molecule has 3 amide bonds. The standard InChI is InChI=1S/C29H34N2O4/c1-20(2)16-25(32)23-10-7-15-31(19-23)27(34)18-29(17-26(33)30(3)28(29)35)24-13-11-22(12-14-24)21-8-5-4-6-9-21/h4-6,8-9,11-14,20,23H,7,10,15-19H2,1-3H3/t23-,29+/m1/s1. The number of imide groups is 1. The van der Waals surface area contributed by atoms with E-state index in [-0.39, 0.29) is 48.2 Å². The van der Waals surface area contributed by atoms with Crippen molar-refractivity contribution in [1.29, 1.82) is 0 Å². The minimum Gasteiger partial charge on any atom is -0.342 e. The minimum atomic E-state index is -1.22. The number of carbonyl (C=O) groups excluding carboxylic acids is 4. The highest BCUT2D eigenvalue weighted by atomic mass is 16.2. The van der Waals surface area contributed by atoms with Gasteiger partial charge in [-0.2, -0.15) is 0 Å². The lowest BCUT2D eigenvalue weighted by Gasteiger charge is -2.35. The molecule has 0 aliphatic carbocycles. The average molecular weight is 475 g/mol. The van der Waals surface area contributed by atoms with Crippen LogP contribution in [0.3, 0.4) is 0 Å². The van der Waals surface area contributed by atoms with Crippen molar-refractivity contribution in [2.24, 2.45) is 11.8 Å². The third-order valence-corrected chi connectivity index (χ3v) is 7.38. The first kappa shape index (κ1) is 24.8. The summed E-state index contributed by atoms with van der Waals surface area (Å²) >= 11 is 0. The van der Waals surface area contributed by atoms with Gasteiger partial charge >= 0.3 is 0 Å². The number of rotatable bonds is 7. The van der Waals surface area contributed by atoms with E-state index in [1.54, 1.807) is 4.90 Å². The highest BCUT2D eigenvalue weighted by Crippen LogP contribution is 2.41. The first-order valence-corrected chi connectivity index (χ1v) is 12.5. The van der Waals surface area contributed by atoms with Gasteiger partial charge in [0.25, 0.3) is 0 Å². The van der Waals surface area contributed by atoms with Crippen LogP contribution in [0, 0.1) is 11.8 Å². The normalized spacial score (nSPS) is 22.7. The largest absolute Gasteiger partial charge is 0.342 e. The highest BCUT2D eigenvalue weighted by molar-refractivity contribution is 6.10. The van der Waals surface area contributed by atoms with Gasteiger partial charge in [-0.05, 0) is 35.4 Å². The summed E-state index contributed by atoms with van der Waals surface area (Å²) in [6, 6.07) is 17.5. The Bertz CT molecular complexity index is 1110. The van der Waals surface area contributed by atoms with Gasteiger partial charge < -0.3 is 4.90 Å². The fraction of sp³-hybridized carbons (Fsp3) is 0.448. The van der Waals surface area contributed by atoms with Gasteiger partial charge in [0.15, 0.2) is 0 Å². The van der Waals surface area contributed by atoms with Gasteiger partial charge in [-0.3, -0.25) is 24.1 Å². The number of Topliss-reactive ketones (excluding diaryl/α,β-unsaturated/α-hetero) is 1. The molecular formula is C29H34N2O4. The van der Waals surface area contributed by atoms with Crippen LogP contribution in [0.4, 0.5) is 0 Å². The second-order valence-corrected chi connectivity index (χ2v) is 10.4. The maximum absolute atomic E-state index is 13.5. The van der Waals surface area contributed by atoms with Crippen LogP contribution in [0.15, 0.2) is 54.6 Å². The lowest BCUT2D eigenvalue weighted by atomic mass is 9.75. The molecule has 2 atom stereocenters. The molecule has 6 nitrogen and oxygen atoms in total. The zero-order chi connectivity index (χ0) is 25.2. The molecule has 4 rings (SSSR count). The molecule has 0 radical (unpaired) electrons. The van der Waals surface area contributed by atoms with E-state index in [4.69, 9.17) is 0 Å². The third-order valence-electron chi connectivity index (χ3n) is 7.38. The second kappa shape index (κ2) is 10.1. The summed E-state index contributed by atoms with van der Waals surface area (Å²) in [7, 11) is 1.48. The van der Waals surface area contributed by atoms with E-state index in [0.29, 0.717) is 25.1 Å². The maximum atomic E-state index is 13.5. The van der Waals surface area contributed by atoms with Crippen molar-refractivity contribution in [3.8, 4) is 11.1 Å². The fourth-order valence-corrected chi connectivity index (χ4v) is 5.37. The maximum Gasteiger partial charge on any atom is 0.240 e. The summed E-state index contributed by atoms with van der Waals surface area (Å²) in [5, 5.41) is 0. The molecule has 0 bridgehead atoms. The number of hydrogen-bond donors (Lipinski definition) is 0. The third kappa shape index (κ3) is 5.07. The number of hydrogen-bond acceptors (Lipinski definition) is 4. The molecule has 35 heavy (non-hydrogen) atoms. The molecule has 184 valence electrons. The van der Waals surface area contributed by atoms with Crippen LogP contribution >= 0.6 is 0 Å². The number of likely N-dealkylation sites (N-methyl/N-ethyl adjacent to an activating group) is 1. The van der Waals surface area contributed by atoms with Gasteiger partial charge in [-0.25, -0.2) is 0 Å². The molecule has 2 fully saturated rings. The van der Waals surface area contributed by atoms with Gasteiger partial charge in [-0.15, -0.1) is 0 Å². The van der Waals surface area contributed by atoms with Crippen LogP contribution in [0.5, 0.6) is 0 Å². The summed E-state index contributed by atoms with van der Waals surface area (Å²) in [5.74, 6) is -0.453. The highest BCUT2D eigenvalue weighted by Gasteiger charge is 2.53. The van der Waals surface area contributed by atoms with Crippen molar-refractivity contribution >= 4 is 23.5 Å². The lowest BCUT2D eigenvalue weighted by Crippen LogP contribution is -2.46. The SMILES string of the molecule is CC(C)CC(=O)[C@@H]1CCCN(C(=O)C[C@]2(c3ccc(-c4ccccc4)cc3)CC(=O)N(C)C2=O)C1. The Morgan fingerprint density at radius 1 is 1.00 bits per heavy atom. The Balaban J connectivity index is 1.58. The van der Waals surface area contributed by atoms with Crippen molar-refractivity contribution in [2.75, 3.05) is 20.1 Å². The smallest absolute Gasteiger partial charge is 0.240 e. The molecule has 2 saturated heterocycles. The van der Waals surface area contributed by atoms with Crippen molar-refractivity contribution in [3.63, 3.8) is 0 Å². The van der Waals surface area contributed by atoms with E-state index < -0.39 is 5.41 Å². The van der Waals surface area contributed by atoms with Gasteiger partial charge in [-0.1, -0.05) is 68.4 Å². The summed E-state index contributed by atoms with van der Waals surface area (Å²) < 4.78 is 0. The van der Waals surface area contributed by atoms with E-state index in [1.807, 2.05) is 68.4 Å². The van der Waals surface area contributed by atoms with E-state index in [9.17, 15) is 19.2 Å². The summed E-state index contributed by atoms with van der Waals surface area (Å²) in [6.45, 7) is 5.02. The van der Waals surface area contributed by atoms with Crippen molar-refractivity contribution < 1.29 is 19.2 Å². The molecule has 6 heteroatoms. The molecule has 0 N–H and O–H groups in total. The van der Waals surface area contributed by atoms with Crippen LogP contribution in [0.25, 0.3) is 11.1 Å². The Hall–Kier alpha value is -3.28. The van der Waals surface area contributed by atoms with E-state index in [0.717, 1.165) is 28.9 Å². The van der Waals surface area contributed by atoms with Crippen LogP contribution in [0.2, 0.25) is 0 Å². The van der Waals surface area contributed by atoms with E-state index >= 15 is 0 Å². The van der Waals surface area contributed by atoms with Gasteiger partial charge in [0.1, 0.15) is 5.78 Å². The van der Waals surface area contributed by atoms with Gasteiger partial charge in [0.2, 0.25) is 17.7 Å². The number of benzene rings is 2. The first-order chi connectivity index (χ1) is 16.7. The van der Waals surface area contributed by atoms with Crippen LogP contribution < -0.4 is 0 Å². The molecule has 2 heterocycles. The molecule has 2 aliphatic heterocycles. The second-order valence-electron chi connectivity index (χ2n) is 10.4. The zero-order valence-corrected chi connectivity index (χ0v) is 20.8. The summed E-state index contributed by atoms with van der Waals surface area (Å²) in [4.78, 5) is 55.0. The van der Waals surface area contributed by atoms with Crippen molar-refractivity contribution in [2.45, 2.75) is 51.4 Å². The first-order valence-electron chi connectivity index (χ1n) is 12.5. The quantitative estimate of drug-likeness (QED) is 0.563. The Labute approximate surface area is 207 Å². The number of nitrogens with zero attached hydrogens (tertiary/aromatic N) is 2. The number of amides is 3. The summed E-state index contributed by atoms with van der Waals surface area (Å²) in [6.07, 6.45) is 1.98. The number of piperidine rings is 1. The van der Waals surface area contributed by atoms with Crippen LogP contribution in [-0.4, -0.2) is 53.4 Å². The molecule has 2 aromatic rings. The summed E-state index contributed by atoms with van der Waals surface area (Å²) in [5.41, 5.74) is 1.52. The molecule has 0 saturated carbocycles. The minimum absolute atomic E-state index is 0.0255. The fourth-order valence-electron chi connectivity index (χ4n) is 5.37. The number of carbonyl (C=O) groups is 4. The van der Waals surface area contributed by atoms with Gasteiger partial charge in [0, 0.05) is 45.3 Å². The number of ketones is 1. The van der Waals surface area contributed by atoms with Crippen LogP contribution in [-0.2, 0) is 24.6 Å². The molecule has 2 aliphatic rings. The molecular weight excluding hydrogens is 440 g/mol. The van der Waals surface area contributed by atoms with Crippen LogP contribution in [0.1, 0.15) is 51.5 Å². The van der Waals surface area contributed by atoms with E-state index in [2.05, 4.69) is 0 Å². The Morgan fingerprint density at radius 2 is 1.66 bits per heavy atom. The Morgan fingerprint density at radius 3 is 2.26 bits per heavy atom. The Kier molecular flexibility index (Phi) is 7.20. The van der Waals surface area contributed by atoms with Gasteiger partial charge in [0.05, 0.1) is 5.41 Å². The van der Waals surface area contributed by atoms with E-state index in [1.165, 1.54) is 7.05 Å². The molecule has 0 unspecified atom stereocenters. The lowest BCUT2D eigenvalue weighted by molar-refractivity contribution is -0.143. The van der Waals surface area contributed by atoms with Crippen molar-refractivity contribution in [1.82, 2.24) is 9.80 Å². The molecule has 0 aromatic heterocycles. The number of likely N-dealkylation sites (tertiary alicyclic amines) is 2. The predicted octanol–water partition coefficient (Wildman–Crippen LogP) is 4.22.